The Balaban J connectivity index is 1.07. The highest BCUT2D eigenvalue weighted by Gasteiger charge is 2.27. The summed E-state index contributed by atoms with van der Waals surface area (Å²) >= 11 is 7.70. The molecule has 57 heavy (non-hydrogen) atoms. The van der Waals surface area contributed by atoms with E-state index in [2.05, 4.69) is 14.9 Å². The Bertz CT molecular complexity index is 2300. The molecule has 2 amide bonds. The highest BCUT2D eigenvalue weighted by molar-refractivity contribution is 7.99. The third-order valence-electron chi connectivity index (χ3n) is 9.56. The van der Waals surface area contributed by atoms with Crippen molar-refractivity contribution < 1.29 is 22.9 Å². The molecule has 296 valence electrons. The van der Waals surface area contributed by atoms with E-state index in [1.54, 1.807) is 36.0 Å². The van der Waals surface area contributed by atoms with E-state index in [1.165, 1.54) is 24.3 Å². The topological polar surface area (TPSA) is 145 Å². The summed E-state index contributed by atoms with van der Waals surface area (Å²) in [6.07, 6.45) is 0.690. The van der Waals surface area contributed by atoms with Gasteiger partial charge in [0.05, 0.1) is 9.82 Å². The molecule has 12 nitrogen and oxygen atoms in total. The number of anilines is 2. The van der Waals surface area contributed by atoms with E-state index in [1.807, 2.05) is 90.6 Å². The van der Waals surface area contributed by atoms with Crippen LogP contribution in [0.1, 0.15) is 27.1 Å². The Morgan fingerprint density at radius 1 is 0.877 bits per heavy atom. The molecule has 15 heteroatoms. The third-order valence-corrected chi connectivity index (χ3v) is 12.3. The molecule has 1 atom stereocenters. The van der Waals surface area contributed by atoms with E-state index in [0.717, 1.165) is 34.3 Å². The van der Waals surface area contributed by atoms with E-state index in [0.29, 0.717) is 48.9 Å². The Hall–Kier alpha value is -5.41. The molecule has 2 N–H and O–H groups in total. The molecule has 5 aromatic rings. The molecule has 1 heterocycles. The van der Waals surface area contributed by atoms with E-state index in [-0.39, 0.29) is 23.2 Å². The van der Waals surface area contributed by atoms with Crippen LogP contribution >= 0.6 is 23.4 Å². The molecule has 6 rings (SSSR count). The second-order valence-corrected chi connectivity index (χ2v) is 17.0. The zero-order valence-electron chi connectivity index (χ0n) is 31.5. The van der Waals surface area contributed by atoms with Crippen LogP contribution in [0.25, 0.3) is 11.1 Å². The van der Waals surface area contributed by atoms with Crippen LogP contribution in [-0.2, 0) is 10.0 Å². The van der Waals surface area contributed by atoms with Crippen molar-refractivity contribution in [3.63, 3.8) is 0 Å². The maximum Gasteiger partial charge on any atom is 0.293 e. The van der Waals surface area contributed by atoms with Crippen LogP contribution in [-0.4, -0.2) is 93.6 Å². The Morgan fingerprint density at radius 2 is 1.54 bits per heavy atom. The van der Waals surface area contributed by atoms with Gasteiger partial charge in [-0.2, -0.15) is 0 Å². The number of piperazine rings is 1. The minimum atomic E-state index is -4.46. The molecule has 0 bridgehead atoms. The van der Waals surface area contributed by atoms with Crippen molar-refractivity contribution in [2.75, 3.05) is 62.8 Å². The standard InChI is InChI=1S/C42H43ClN6O6S2/c1-46(2)23-22-33(29-56-35-8-4-3-5-9-35)44-39-21-20-36(28-40(39)49(52)53)57(54,55)45-41(50)31-14-18-34(19-15-31)47-24-26-48(27-25-47)42(51)38-11-7-6-10-37(38)30-12-16-32(43)17-13-30/h3-21,28,33,44H,22-27,29H2,1-2H3,(H,45,50)/t33-/m1/s1. The summed E-state index contributed by atoms with van der Waals surface area (Å²) in [6.45, 7) is 2.82. The van der Waals surface area contributed by atoms with Gasteiger partial charge < -0.3 is 20.0 Å². The summed E-state index contributed by atoms with van der Waals surface area (Å²) in [5, 5.41) is 16.0. The number of benzene rings is 5. The lowest BCUT2D eigenvalue weighted by atomic mass is 9.98. The molecule has 1 saturated heterocycles. The monoisotopic (exact) mass is 826 g/mol. The number of nitro groups is 1. The molecule has 0 spiro atoms. The van der Waals surface area contributed by atoms with Crippen molar-refractivity contribution in [1.29, 1.82) is 0 Å². The number of hydrogen-bond donors (Lipinski definition) is 2. The van der Waals surface area contributed by atoms with Crippen molar-refractivity contribution >= 4 is 62.3 Å². The summed E-state index contributed by atoms with van der Waals surface area (Å²) in [5.41, 5.74) is 3.03. The van der Waals surface area contributed by atoms with Gasteiger partial charge in [0.1, 0.15) is 5.69 Å². The number of carbonyl (C=O) groups excluding carboxylic acids is 2. The minimum Gasteiger partial charge on any atom is -0.376 e. The number of amides is 2. The summed E-state index contributed by atoms with van der Waals surface area (Å²) in [5.74, 6) is -0.310. The van der Waals surface area contributed by atoms with Gasteiger partial charge >= 0.3 is 0 Å². The number of hydrogen-bond acceptors (Lipinski definition) is 10. The number of nitrogens with zero attached hydrogens (tertiary/aromatic N) is 4. The molecular formula is C42H43ClN6O6S2. The fourth-order valence-electron chi connectivity index (χ4n) is 6.45. The number of nitro benzene ring substituents is 1. The normalized spacial score (nSPS) is 13.6. The lowest BCUT2D eigenvalue weighted by Gasteiger charge is -2.36. The fraction of sp³-hybridized carbons (Fsp3) is 0.238. The summed E-state index contributed by atoms with van der Waals surface area (Å²) in [4.78, 5) is 44.9. The van der Waals surface area contributed by atoms with Crippen LogP contribution in [0.4, 0.5) is 17.1 Å². The van der Waals surface area contributed by atoms with Crippen molar-refractivity contribution in [2.24, 2.45) is 0 Å². The zero-order valence-corrected chi connectivity index (χ0v) is 33.9. The van der Waals surface area contributed by atoms with Crippen molar-refractivity contribution in [1.82, 2.24) is 14.5 Å². The number of sulfonamides is 1. The van der Waals surface area contributed by atoms with Crippen molar-refractivity contribution in [3.8, 4) is 11.1 Å². The van der Waals surface area contributed by atoms with Gasteiger partial charge in [-0.1, -0.05) is 60.1 Å². The van der Waals surface area contributed by atoms with Crippen LogP contribution in [0.2, 0.25) is 5.02 Å². The molecule has 1 aliphatic rings. The number of rotatable bonds is 15. The first-order valence-corrected chi connectivity index (χ1v) is 21.2. The van der Waals surface area contributed by atoms with Crippen LogP contribution < -0.4 is 14.9 Å². The highest BCUT2D eigenvalue weighted by atomic mass is 35.5. The number of halogens is 1. The van der Waals surface area contributed by atoms with Gasteiger partial charge in [0.15, 0.2) is 0 Å². The molecule has 1 fully saturated rings. The Labute approximate surface area is 342 Å². The van der Waals surface area contributed by atoms with Gasteiger partial charge in [0.2, 0.25) is 0 Å². The molecule has 0 radical (unpaired) electrons. The van der Waals surface area contributed by atoms with Gasteiger partial charge in [-0.3, -0.25) is 19.7 Å². The van der Waals surface area contributed by atoms with Crippen LogP contribution in [0.5, 0.6) is 0 Å². The van der Waals surface area contributed by atoms with Crippen molar-refractivity contribution in [3.05, 3.63) is 148 Å². The van der Waals surface area contributed by atoms with Gasteiger partial charge in [-0.15, -0.1) is 11.8 Å². The predicted molar refractivity (Wildman–Crippen MR) is 227 cm³/mol. The maximum absolute atomic E-state index is 13.6. The van der Waals surface area contributed by atoms with E-state index < -0.39 is 31.4 Å². The van der Waals surface area contributed by atoms with Crippen LogP contribution in [0, 0.1) is 10.1 Å². The fourth-order valence-corrected chi connectivity index (χ4v) is 8.56. The maximum atomic E-state index is 13.6. The lowest BCUT2D eigenvalue weighted by molar-refractivity contribution is -0.384. The number of carbonyl (C=O) groups is 2. The largest absolute Gasteiger partial charge is 0.376 e. The minimum absolute atomic E-state index is 0.0631. The van der Waals surface area contributed by atoms with Crippen LogP contribution in [0.3, 0.4) is 0 Å². The molecule has 0 aromatic heterocycles. The summed E-state index contributed by atoms with van der Waals surface area (Å²) in [6, 6.07) is 34.6. The average Bonchev–Trinajstić information content (AvgIpc) is 3.22. The molecule has 0 aliphatic carbocycles. The first-order valence-electron chi connectivity index (χ1n) is 18.3. The van der Waals surface area contributed by atoms with Gasteiger partial charge in [-0.25, -0.2) is 13.1 Å². The first kappa shape index (κ1) is 41.2. The Kier molecular flexibility index (Phi) is 13.5. The second kappa shape index (κ2) is 18.7. The summed E-state index contributed by atoms with van der Waals surface area (Å²) in [7, 11) is -0.566. The van der Waals surface area contributed by atoms with Crippen molar-refractivity contribution in [2.45, 2.75) is 22.3 Å². The smallest absolute Gasteiger partial charge is 0.293 e. The third kappa shape index (κ3) is 10.7. The molecule has 0 unspecified atom stereocenters. The van der Waals surface area contributed by atoms with E-state index in [4.69, 9.17) is 11.6 Å². The zero-order chi connectivity index (χ0) is 40.5. The predicted octanol–water partition coefficient (Wildman–Crippen LogP) is 7.52. The highest BCUT2D eigenvalue weighted by Crippen LogP contribution is 2.31. The second-order valence-electron chi connectivity index (χ2n) is 13.8. The number of thioether (sulfide) groups is 1. The number of nitrogens with one attached hydrogen (secondary N) is 2. The average molecular weight is 827 g/mol. The SMILES string of the molecule is CN(C)CC[C@H](CSc1ccccc1)Nc1ccc(S(=O)(=O)NC(=O)c2ccc(N3CCN(C(=O)c4ccccc4-c4ccc(Cl)cc4)CC3)cc2)cc1[N+](=O)[O-]. The summed E-state index contributed by atoms with van der Waals surface area (Å²) < 4.78 is 28.8. The molecule has 5 aromatic carbocycles. The van der Waals surface area contributed by atoms with Gasteiger partial charge in [0.25, 0.3) is 27.5 Å². The lowest BCUT2D eigenvalue weighted by Crippen LogP contribution is -2.48. The van der Waals surface area contributed by atoms with E-state index in [9.17, 15) is 28.1 Å². The molecule has 0 saturated carbocycles. The molecule has 1 aliphatic heterocycles. The first-order chi connectivity index (χ1) is 27.4. The van der Waals surface area contributed by atoms with E-state index >= 15 is 0 Å². The van der Waals surface area contributed by atoms with Crippen LogP contribution in [0.15, 0.2) is 131 Å². The quantitative estimate of drug-likeness (QED) is 0.0618. The molecular weight excluding hydrogens is 784 g/mol. The van der Waals surface area contributed by atoms with Gasteiger partial charge in [0, 0.05) is 70.8 Å². The Morgan fingerprint density at radius 3 is 2.21 bits per heavy atom. The van der Waals surface area contributed by atoms with Gasteiger partial charge in [-0.05, 0) is 105 Å².